The molecule has 11 heteroatoms. The molecule has 7 nitrogen and oxygen atoms in total. The Labute approximate surface area is 227 Å². The summed E-state index contributed by atoms with van der Waals surface area (Å²) in [4.78, 5) is 2.26. The van der Waals surface area contributed by atoms with Gasteiger partial charge in [0.1, 0.15) is 12.3 Å². The van der Waals surface area contributed by atoms with Gasteiger partial charge in [-0.2, -0.15) is 13.2 Å². The molecular weight excluding hydrogens is 529 g/mol. The van der Waals surface area contributed by atoms with Crippen molar-refractivity contribution in [2.24, 2.45) is 5.92 Å². The molecular formula is C28H33F3N4O3S. The highest BCUT2D eigenvalue weighted by molar-refractivity contribution is 7.90. The number of hydrogen-bond donors (Lipinski definition) is 2. The second kappa shape index (κ2) is 11.8. The van der Waals surface area contributed by atoms with E-state index >= 15 is 0 Å². The number of nitrogens with one attached hydrogen (secondary N) is 2. The van der Waals surface area contributed by atoms with Crippen LogP contribution in [0.4, 0.5) is 24.5 Å². The zero-order valence-corrected chi connectivity index (χ0v) is 23.0. The van der Waals surface area contributed by atoms with E-state index in [9.17, 15) is 21.6 Å². The molecule has 0 saturated carbocycles. The topological polar surface area (TPSA) is 75.6 Å². The Morgan fingerprint density at radius 2 is 1.92 bits per heavy atom. The van der Waals surface area contributed by atoms with Crippen LogP contribution in [0.3, 0.4) is 0 Å². The Hall–Kier alpha value is -3.36. The maximum Gasteiger partial charge on any atom is 0.406 e. The van der Waals surface area contributed by atoms with Crippen molar-refractivity contribution in [1.82, 2.24) is 9.88 Å². The lowest BCUT2D eigenvalue weighted by Crippen LogP contribution is -2.34. The lowest BCUT2D eigenvalue weighted by Gasteiger charge is -2.29. The van der Waals surface area contributed by atoms with Gasteiger partial charge < -0.3 is 24.8 Å². The van der Waals surface area contributed by atoms with E-state index < -0.39 is 22.6 Å². The molecule has 2 aromatic carbocycles. The summed E-state index contributed by atoms with van der Waals surface area (Å²) in [6.07, 6.45) is 0.358. The number of ether oxygens (including phenoxy) is 1. The number of benzene rings is 2. The molecule has 1 fully saturated rings. The van der Waals surface area contributed by atoms with Gasteiger partial charge in [-0.05, 0) is 68.2 Å². The van der Waals surface area contributed by atoms with Crippen molar-refractivity contribution >= 4 is 32.1 Å². The monoisotopic (exact) mass is 562 g/mol. The van der Waals surface area contributed by atoms with Crippen LogP contribution >= 0.6 is 0 Å². The highest BCUT2D eigenvalue weighted by Crippen LogP contribution is 2.32. The minimum Gasteiger partial charge on any atom is -0.495 e. The van der Waals surface area contributed by atoms with E-state index in [0.717, 1.165) is 49.8 Å². The lowest BCUT2D eigenvalue weighted by atomic mass is 9.97. The van der Waals surface area contributed by atoms with E-state index in [1.165, 1.54) is 30.0 Å². The average Bonchev–Trinajstić information content (AvgIpc) is 3.27. The minimum atomic E-state index is -4.35. The first-order chi connectivity index (χ1) is 18.4. The van der Waals surface area contributed by atoms with Crippen LogP contribution in [0.5, 0.6) is 5.75 Å². The lowest BCUT2D eigenvalue weighted by molar-refractivity contribution is -0.139. The first kappa shape index (κ1) is 28.6. The molecule has 3 aromatic rings. The number of anilines is 2. The van der Waals surface area contributed by atoms with Crippen molar-refractivity contribution in [2.75, 3.05) is 56.8 Å². The van der Waals surface area contributed by atoms with Crippen LogP contribution in [-0.4, -0.2) is 65.8 Å². The van der Waals surface area contributed by atoms with E-state index in [-0.39, 0.29) is 11.4 Å². The van der Waals surface area contributed by atoms with Gasteiger partial charge >= 0.3 is 6.18 Å². The normalized spacial score (nSPS) is 14.6. The summed E-state index contributed by atoms with van der Waals surface area (Å²) in [5.41, 5.74) is 2.38. The van der Waals surface area contributed by atoms with Crippen molar-refractivity contribution in [3.05, 3.63) is 48.2 Å². The molecule has 2 heterocycles. The molecule has 1 saturated heterocycles. The predicted octanol–water partition coefficient (Wildman–Crippen LogP) is 4.52. The molecule has 39 heavy (non-hydrogen) atoms. The fourth-order valence-electron chi connectivity index (χ4n) is 4.89. The molecule has 2 N–H and O–H groups in total. The molecule has 1 aliphatic heterocycles. The third kappa shape index (κ3) is 7.40. The largest absolute Gasteiger partial charge is 0.495 e. The number of sulfone groups is 1. The summed E-state index contributed by atoms with van der Waals surface area (Å²) >= 11 is 0. The number of methoxy groups -OCH3 is 1. The van der Waals surface area contributed by atoms with Gasteiger partial charge in [0.05, 0.1) is 29.8 Å². The van der Waals surface area contributed by atoms with Gasteiger partial charge in [0.15, 0.2) is 9.84 Å². The van der Waals surface area contributed by atoms with Gasteiger partial charge in [0.25, 0.3) is 0 Å². The number of nitrogens with zero attached hydrogens (tertiary/aromatic N) is 2. The van der Waals surface area contributed by atoms with Crippen molar-refractivity contribution in [2.45, 2.75) is 30.5 Å². The number of piperidine rings is 1. The molecule has 0 radical (unpaired) electrons. The van der Waals surface area contributed by atoms with Crippen molar-refractivity contribution < 1.29 is 26.3 Å². The van der Waals surface area contributed by atoms with E-state index in [2.05, 4.69) is 27.4 Å². The van der Waals surface area contributed by atoms with E-state index in [1.807, 2.05) is 13.1 Å². The van der Waals surface area contributed by atoms with Gasteiger partial charge in [-0.3, -0.25) is 0 Å². The Bertz CT molecular complexity index is 1480. The van der Waals surface area contributed by atoms with Crippen molar-refractivity contribution in [1.29, 1.82) is 0 Å². The SMILES string of the molecule is COc1ccc(S(C)(=O)=O)cc1NCC#Cc1cc(N(C)CC2CCNCC2)c2ccn(CC(F)(F)F)c2c1. The average molecular weight is 563 g/mol. The summed E-state index contributed by atoms with van der Waals surface area (Å²) < 4.78 is 70.2. The zero-order valence-electron chi connectivity index (χ0n) is 22.2. The number of aromatic nitrogens is 1. The summed E-state index contributed by atoms with van der Waals surface area (Å²) in [7, 11) is 0.0532. The summed E-state index contributed by atoms with van der Waals surface area (Å²) in [5.74, 6) is 7.04. The quantitative estimate of drug-likeness (QED) is 0.394. The smallest absolute Gasteiger partial charge is 0.406 e. The zero-order chi connectivity index (χ0) is 28.2. The fraction of sp³-hybridized carbons (Fsp3) is 0.429. The van der Waals surface area contributed by atoms with Crippen LogP contribution in [0.15, 0.2) is 47.5 Å². The number of alkyl halides is 3. The van der Waals surface area contributed by atoms with E-state index in [4.69, 9.17) is 4.74 Å². The molecule has 4 rings (SSSR count). The molecule has 0 unspecified atom stereocenters. The maximum atomic E-state index is 13.3. The Morgan fingerprint density at radius 3 is 2.59 bits per heavy atom. The van der Waals surface area contributed by atoms with Gasteiger partial charge in [0, 0.05) is 42.7 Å². The van der Waals surface area contributed by atoms with Crippen LogP contribution in [0, 0.1) is 17.8 Å². The van der Waals surface area contributed by atoms with Crippen LogP contribution in [-0.2, 0) is 16.4 Å². The minimum absolute atomic E-state index is 0.149. The van der Waals surface area contributed by atoms with Crippen LogP contribution in [0.1, 0.15) is 18.4 Å². The fourth-order valence-corrected chi connectivity index (χ4v) is 5.53. The molecule has 0 spiro atoms. The molecule has 1 aromatic heterocycles. The number of hydrogen-bond acceptors (Lipinski definition) is 6. The number of halogens is 3. The first-order valence-electron chi connectivity index (χ1n) is 12.7. The summed E-state index contributed by atoms with van der Waals surface area (Å²) in [6, 6.07) is 9.85. The summed E-state index contributed by atoms with van der Waals surface area (Å²) in [5, 5.41) is 7.19. The molecule has 1 aliphatic rings. The predicted molar refractivity (Wildman–Crippen MR) is 148 cm³/mol. The van der Waals surface area contributed by atoms with Gasteiger partial charge in [-0.1, -0.05) is 11.8 Å². The molecule has 0 bridgehead atoms. The van der Waals surface area contributed by atoms with Crippen molar-refractivity contribution in [3.8, 4) is 17.6 Å². The van der Waals surface area contributed by atoms with Crippen LogP contribution in [0.25, 0.3) is 10.9 Å². The maximum absolute atomic E-state index is 13.3. The summed E-state index contributed by atoms with van der Waals surface area (Å²) in [6.45, 7) is 1.82. The van der Waals surface area contributed by atoms with E-state index in [1.54, 1.807) is 18.2 Å². The van der Waals surface area contributed by atoms with Crippen LogP contribution < -0.4 is 20.3 Å². The van der Waals surface area contributed by atoms with Crippen LogP contribution in [0.2, 0.25) is 0 Å². The second-order valence-corrected chi connectivity index (χ2v) is 11.9. The standard InChI is InChI=1S/C28H33F3N4O3S/c1-34(18-20-8-12-32-13-9-20)25-15-21(16-26-23(25)10-14-35(26)19-28(29,30)31)5-4-11-33-24-17-22(39(3,36)37)6-7-27(24)38-2/h6-7,10,14-17,20,32-33H,8-9,11-13,18-19H2,1-3H3. The second-order valence-electron chi connectivity index (χ2n) is 9.85. The third-order valence-corrected chi connectivity index (χ3v) is 7.93. The number of rotatable bonds is 8. The molecule has 210 valence electrons. The Balaban J connectivity index is 1.62. The third-order valence-electron chi connectivity index (χ3n) is 6.82. The molecule has 0 aliphatic carbocycles. The van der Waals surface area contributed by atoms with Gasteiger partial charge in [0.2, 0.25) is 0 Å². The molecule has 0 atom stereocenters. The Morgan fingerprint density at radius 1 is 1.18 bits per heavy atom. The van der Waals surface area contributed by atoms with Gasteiger partial charge in [-0.15, -0.1) is 0 Å². The highest BCUT2D eigenvalue weighted by Gasteiger charge is 2.29. The van der Waals surface area contributed by atoms with Crippen molar-refractivity contribution in [3.63, 3.8) is 0 Å². The number of fused-ring (bicyclic) bond motifs is 1. The van der Waals surface area contributed by atoms with Gasteiger partial charge in [-0.25, -0.2) is 8.42 Å². The first-order valence-corrected chi connectivity index (χ1v) is 14.6. The van der Waals surface area contributed by atoms with E-state index in [0.29, 0.717) is 28.4 Å². The highest BCUT2D eigenvalue weighted by atomic mass is 32.2. The Kier molecular flexibility index (Phi) is 8.67. The molecule has 0 amide bonds.